The summed E-state index contributed by atoms with van der Waals surface area (Å²) in [7, 11) is -0.571. The van der Waals surface area contributed by atoms with Gasteiger partial charge in [-0.2, -0.15) is 0 Å². The minimum absolute atomic E-state index is 0.104. The van der Waals surface area contributed by atoms with Crippen LogP contribution in [0.5, 0.6) is 0 Å². The lowest BCUT2D eigenvalue weighted by Crippen LogP contribution is -2.37. The highest BCUT2D eigenvalue weighted by Gasteiger charge is 2.23. The van der Waals surface area contributed by atoms with Crippen molar-refractivity contribution in [2.45, 2.75) is 24.7 Å². The van der Waals surface area contributed by atoms with Crippen molar-refractivity contribution < 1.29 is 18.0 Å². The van der Waals surface area contributed by atoms with Crippen molar-refractivity contribution in [1.29, 1.82) is 0 Å². The average molecular weight is 367 g/mol. The Balaban J connectivity index is 2.09. The normalized spacial score (nSPS) is 16.0. The van der Waals surface area contributed by atoms with Gasteiger partial charge in [0.15, 0.2) is 0 Å². The van der Waals surface area contributed by atoms with Gasteiger partial charge < -0.3 is 9.80 Å². The van der Waals surface area contributed by atoms with Gasteiger partial charge in [0, 0.05) is 52.3 Å². The van der Waals surface area contributed by atoms with Crippen LogP contribution in [0.4, 0.5) is 0 Å². The standard InChI is InChI=1S/C17H25N3O4S/c1-4-16(21)19-10-5-11-20(13-12-19)17(22)14-6-8-15(9-7-14)25(23,24)18(2)3/h6-9H,4-5,10-13H2,1-3H3. The Morgan fingerprint density at radius 3 is 2.12 bits per heavy atom. The summed E-state index contributed by atoms with van der Waals surface area (Å²) in [5.41, 5.74) is 0.452. The third kappa shape index (κ3) is 4.38. The van der Waals surface area contributed by atoms with Crippen LogP contribution in [0.1, 0.15) is 30.1 Å². The monoisotopic (exact) mass is 367 g/mol. The van der Waals surface area contributed by atoms with E-state index in [4.69, 9.17) is 0 Å². The predicted molar refractivity (Wildman–Crippen MR) is 94.7 cm³/mol. The lowest BCUT2D eigenvalue weighted by molar-refractivity contribution is -0.130. The van der Waals surface area contributed by atoms with Gasteiger partial charge in [0.2, 0.25) is 15.9 Å². The molecule has 0 radical (unpaired) electrons. The zero-order valence-electron chi connectivity index (χ0n) is 14.9. The molecule has 0 unspecified atom stereocenters. The highest BCUT2D eigenvalue weighted by molar-refractivity contribution is 7.89. The van der Waals surface area contributed by atoms with Gasteiger partial charge in [0.1, 0.15) is 0 Å². The molecule has 7 nitrogen and oxygen atoms in total. The van der Waals surface area contributed by atoms with Crippen molar-refractivity contribution in [1.82, 2.24) is 14.1 Å². The molecule has 0 saturated carbocycles. The molecule has 1 fully saturated rings. The molecule has 0 spiro atoms. The fourth-order valence-electron chi connectivity index (χ4n) is 2.76. The van der Waals surface area contributed by atoms with Gasteiger partial charge in [-0.25, -0.2) is 12.7 Å². The van der Waals surface area contributed by atoms with E-state index in [-0.39, 0.29) is 16.7 Å². The second kappa shape index (κ2) is 7.97. The summed E-state index contributed by atoms with van der Waals surface area (Å²) in [6, 6.07) is 5.98. The van der Waals surface area contributed by atoms with Crippen LogP contribution < -0.4 is 0 Å². The fraction of sp³-hybridized carbons (Fsp3) is 0.529. The molecule has 138 valence electrons. The number of benzene rings is 1. The van der Waals surface area contributed by atoms with Gasteiger partial charge in [-0.3, -0.25) is 9.59 Å². The fourth-order valence-corrected chi connectivity index (χ4v) is 3.66. The van der Waals surface area contributed by atoms with Crippen molar-refractivity contribution in [3.63, 3.8) is 0 Å². The Hall–Kier alpha value is -1.93. The Morgan fingerprint density at radius 2 is 1.56 bits per heavy atom. The second-order valence-electron chi connectivity index (χ2n) is 6.19. The molecule has 8 heteroatoms. The second-order valence-corrected chi connectivity index (χ2v) is 8.34. The van der Waals surface area contributed by atoms with Crippen molar-refractivity contribution in [2.24, 2.45) is 0 Å². The quantitative estimate of drug-likeness (QED) is 0.796. The highest BCUT2D eigenvalue weighted by Crippen LogP contribution is 2.16. The molecule has 2 rings (SSSR count). The van der Waals surface area contributed by atoms with Crippen molar-refractivity contribution in [2.75, 3.05) is 40.3 Å². The van der Waals surface area contributed by atoms with Gasteiger partial charge >= 0.3 is 0 Å². The van der Waals surface area contributed by atoms with E-state index >= 15 is 0 Å². The molecule has 1 aromatic carbocycles. The minimum atomic E-state index is -3.51. The first-order chi connectivity index (χ1) is 11.8. The SMILES string of the molecule is CCC(=O)N1CCCN(C(=O)c2ccc(S(=O)(=O)N(C)C)cc2)CC1. The van der Waals surface area contributed by atoms with Gasteiger partial charge in [-0.15, -0.1) is 0 Å². The van der Waals surface area contributed by atoms with Crippen molar-refractivity contribution >= 4 is 21.8 Å². The summed E-state index contributed by atoms with van der Waals surface area (Å²) in [5.74, 6) is -0.0351. The molecule has 1 aromatic rings. The van der Waals surface area contributed by atoms with Crippen LogP contribution in [0.25, 0.3) is 0 Å². The lowest BCUT2D eigenvalue weighted by Gasteiger charge is -2.22. The zero-order valence-corrected chi connectivity index (χ0v) is 15.8. The maximum atomic E-state index is 12.7. The first-order valence-corrected chi connectivity index (χ1v) is 9.81. The Morgan fingerprint density at radius 1 is 1.00 bits per heavy atom. The summed E-state index contributed by atoms with van der Waals surface area (Å²) < 4.78 is 25.3. The number of hydrogen-bond acceptors (Lipinski definition) is 4. The van der Waals surface area contributed by atoms with Crippen LogP contribution in [0.2, 0.25) is 0 Å². The van der Waals surface area contributed by atoms with Gasteiger partial charge in [-0.05, 0) is 30.7 Å². The molecular formula is C17H25N3O4S. The van der Waals surface area contributed by atoms with Crippen LogP contribution in [0.3, 0.4) is 0 Å². The predicted octanol–water partition coefficient (Wildman–Crippen LogP) is 1.02. The summed E-state index contributed by atoms with van der Waals surface area (Å²) in [6.45, 7) is 4.11. The number of sulfonamides is 1. The molecule has 1 aliphatic rings. The third-order valence-electron chi connectivity index (χ3n) is 4.32. The van der Waals surface area contributed by atoms with Gasteiger partial charge in [0.25, 0.3) is 5.91 Å². The summed E-state index contributed by atoms with van der Waals surface area (Å²) >= 11 is 0. The molecule has 0 aromatic heterocycles. The first-order valence-electron chi connectivity index (χ1n) is 8.37. The first kappa shape index (κ1) is 19.4. The molecule has 1 heterocycles. The molecule has 1 aliphatic heterocycles. The maximum Gasteiger partial charge on any atom is 0.253 e. The van der Waals surface area contributed by atoms with Crippen LogP contribution in [0, 0.1) is 0 Å². The highest BCUT2D eigenvalue weighted by atomic mass is 32.2. The molecular weight excluding hydrogens is 342 g/mol. The van der Waals surface area contributed by atoms with Crippen molar-refractivity contribution in [3.8, 4) is 0 Å². The number of amides is 2. The Bertz CT molecular complexity index is 729. The van der Waals surface area contributed by atoms with E-state index < -0.39 is 10.0 Å². The van der Waals surface area contributed by atoms with E-state index in [0.29, 0.717) is 38.2 Å². The summed E-state index contributed by atoms with van der Waals surface area (Å²) in [4.78, 5) is 28.1. The summed E-state index contributed by atoms with van der Waals surface area (Å²) in [6.07, 6.45) is 1.21. The van der Waals surface area contributed by atoms with Gasteiger partial charge in [0.05, 0.1) is 4.90 Å². The molecule has 0 atom stereocenters. The lowest BCUT2D eigenvalue weighted by atomic mass is 10.2. The Kier molecular flexibility index (Phi) is 6.18. The van der Waals surface area contributed by atoms with E-state index in [2.05, 4.69) is 0 Å². The smallest absolute Gasteiger partial charge is 0.253 e. The maximum absolute atomic E-state index is 12.7. The van der Waals surface area contributed by atoms with Crippen LogP contribution in [0.15, 0.2) is 29.2 Å². The van der Waals surface area contributed by atoms with E-state index in [1.165, 1.54) is 26.2 Å². The van der Waals surface area contributed by atoms with Crippen LogP contribution in [-0.4, -0.2) is 74.6 Å². The molecule has 1 saturated heterocycles. The molecule has 0 N–H and O–H groups in total. The van der Waals surface area contributed by atoms with Crippen LogP contribution >= 0.6 is 0 Å². The third-order valence-corrected chi connectivity index (χ3v) is 6.15. The molecule has 2 amide bonds. The van der Waals surface area contributed by atoms with Crippen molar-refractivity contribution in [3.05, 3.63) is 29.8 Å². The minimum Gasteiger partial charge on any atom is -0.341 e. The number of carbonyl (C=O) groups is 2. The van der Waals surface area contributed by atoms with Crippen LogP contribution in [-0.2, 0) is 14.8 Å². The number of carbonyl (C=O) groups excluding carboxylic acids is 2. The molecule has 25 heavy (non-hydrogen) atoms. The average Bonchev–Trinajstić information content (AvgIpc) is 2.86. The van der Waals surface area contributed by atoms with E-state index in [1.54, 1.807) is 21.9 Å². The molecule has 0 aliphatic carbocycles. The zero-order chi connectivity index (χ0) is 18.6. The number of rotatable bonds is 4. The number of nitrogens with zero attached hydrogens (tertiary/aromatic N) is 3. The topological polar surface area (TPSA) is 78.0 Å². The van der Waals surface area contributed by atoms with E-state index in [0.717, 1.165) is 10.7 Å². The molecule has 0 bridgehead atoms. The van der Waals surface area contributed by atoms with E-state index in [9.17, 15) is 18.0 Å². The summed E-state index contributed by atoms with van der Waals surface area (Å²) in [5, 5.41) is 0. The number of hydrogen-bond donors (Lipinski definition) is 0. The Labute approximate surface area is 149 Å². The largest absolute Gasteiger partial charge is 0.341 e. The van der Waals surface area contributed by atoms with Gasteiger partial charge in [-0.1, -0.05) is 6.92 Å². The van der Waals surface area contributed by atoms with E-state index in [1.807, 2.05) is 6.92 Å².